The molecular weight excluding hydrogens is 282 g/mol. The fourth-order valence-electron chi connectivity index (χ4n) is 3.41. The topological polar surface area (TPSA) is 29.0 Å². The SMILES string of the molecule is C[C@H]1CCCCN1c1nc(-c2ccccc2)nc2ccccc12. The van der Waals surface area contributed by atoms with Crippen LogP contribution in [-0.2, 0) is 0 Å². The van der Waals surface area contributed by atoms with Gasteiger partial charge in [-0.3, -0.25) is 0 Å². The molecule has 1 atom stereocenters. The molecule has 116 valence electrons. The van der Waals surface area contributed by atoms with E-state index in [1.807, 2.05) is 24.3 Å². The van der Waals surface area contributed by atoms with Gasteiger partial charge >= 0.3 is 0 Å². The van der Waals surface area contributed by atoms with Gasteiger partial charge in [-0.25, -0.2) is 9.97 Å². The number of hydrogen-bond acceptors (Lipinski definition) is 3. The van der Waals surface area contributed by atoms with Crippen LogP contribution in [0.1, 0.15) is 26.2 Å². The van der Waals surface area contributed by atoms with E-state index in [2.05, 4.69) is 42.2 Å². The Morgan fingerprint density at radius 2 is 1.70 bits per heavy atom. The molecule has 0 bridgehead atoms. The zero-order valence-corrected chi connectivity index (χ0v) is 13.4. The molecule has 4 rings (SSSR count). The highest BCUT2D eigenvalue weighted by Crippen LogP contribution is 2.31. The van der Waals surface area contributed by atoms with Gasteiger partial charge < -0.3 is 4.90 Å². The van der Waals surface area contributed by atoms with Crippen molar-refractivity contribution in [1.29, 1.82) is 0 Å². The molecule has 0 aliphatic carbocycles. The Morgan fingerprint density at radius 1 is 0.913 bits per heavy atom. The number of benzene rings is 2. The molecule has 1 aromatic heterocycles. The molecule has 3 heteroatoms. The normalized spacial score (nSPS) is 18.3. The minimum Gasteiger partial charge on any atom is -0.353 e. The van der Waals surface area contributed by atoms with Gasteiger partial charge in [0.1, 0.15) is 5.82 Å². The van der Waals surface area contributed by atoms with Crippen molar-refractivity contribution in [1.82, 2.24) is 9.97 Å². The summed E-state index contributed by atoms with van der Waals surface area (Å²) in [5.41, 5.74) is 2.10. The van der Waals surface area contributed by atoms with Crippen molar-refractivity contribution in [2.75, 3.05) is 11.4 Å². The zero-order chi connectivity index (χ0) is 15.6. The Bertz CT molecular complexity index is 813. The van der Waals surface area contributed by atoms with Crippen LogP contribution in [0.4, 0.5) is 5.82 Å². The lowest BCUT2D eigenvalue weighted by Gasteiger charge is -2.35. The van der Waals surface area contributed by atoms with Crippen molar-refractivity contribution in [3.63, 3.8) is 0 Å². The molecule has 2 heterocycles. The molecule has 0 spiro atoms. The second-order valence-corrected chi connectivity index (χ2v) is 6.29. The molecule has 2 aromatic carbocycles. The molecular formula is C20H21N3. The van der Waals surface area contributed by atoms with Crippen LogP contribution in [-0.4, -0.2) is 22.6 Å². The van der Waals surface area contributed by atoms with E-state index in [0.717, 1.165) is 34.7 Å². The van der Waals surface area contributed by atoms with E-state index in [1.165, 1.54) is 19.3 Å². The third kappa shape index (κ3) is 2.67. The summed E-state index contributed by atoms with van der Waals surface area (Å²) in [6.07, 6.45) is 3.79. The van der Waals surface area contributed by atoms with Crippen LogP contribution in [0.5, 0.6) is 0 Å². The van der Waals surface area contributed by atoms with E-state index in [-0.39, 0.29) is 0 Å². The Morgan fingerprint density at radius 3 is 2.52 bits per heavy atom. The molecule has 1 aliphatic heterocycles. The minimum absolute atomic E-state index is 0.533. The molecule has 1 aliphatic rings. The lowest BCUT2D eigenvalue weighted by atomic mass is 10.0. The molecule has 0 radical (unpaired) electrons. The maximum atomic E-state index is 4.96. The number of para-hydroxylation sites is 1. The van der Waals surface area contributed by atoms with Crippen LogP contribution in [0.25, 0.3) is 22.3 Å². The molecule has 0 unspecified atom stereocenters. The number of aromatic nitrogens is 2. The van der Waals surface area contributed by atoms with Crippen LogP contribution >= 0.6 is 0 Å². The summed E-state index contributed by atoms with van der Waals surface area (Å²) in [6, 6.07) is 19.1. The summed E-state index contributed by atoms with van der Waals surface area (Å²) < 4.78 is 0. The lowest BCUT2D eigenvalue weighted by Crippen LogP contribution is -2.38. The van der Waals surface area contributed by atoms with E-state index >= 15 is 0 Å². The molecule has 23 heavy (non-hydrogen) atoms. The summed E-state index contributed by atoms with van der Waals surface area (Å²) in [5.74, 6) is 1.90. The largest absolute Gasteiger partial charge is 0.353 e. The third-order valence-electron chi connectivity index (χ3n) is 4.69. The van der Waals surface area contributed by atoms with Crippen LogP contribution in [0.15, 0.2) is 54.6 Å². The highest BCUT2D eigenvalue weighted by molar-refractivity contribution is 5.91. The molecule has 3 aromatic rings. The number of rotatable bonds is 2. The minimum atomic E-state index is 0.533. The van der Waals surface area contributed by atoms with E-state index in [4.69, 9.17) is 9.97 Å². The lowest BCUT2D eigenvalue weighted by molar-refractivity contribution is 0.482. The van der Waals surface area contributed by atoms with Gasteiger partial charge in [-0.15, -0.1) is 0 Å². The third-order valence-corrected chi connectivity index (χ3v) is 4.69. The molecule has 0 amide bonds. The number of hydrogen-bond donors (Lipinski definition) is 0. The standard InChI is InChI=1S/C20H21N3/c1-15-9-7-8-14-23(15)20-17-12-5-6-13-18(17)21-19(22-20)16-10-3-2-4-11-16/h2-6,10-13,15H,7-9,14H2,1H3/t15-/m0/s1. The summed E-state index contributed by atoms with van der Waals surface area (Å²) in [7, 11) is 0. The average molecular weight is 303 g/mol. The zero-order valence-electron chi connectivity index (χ0n) is 13.4. The first kappa shape index (κ1) is 14.2. The number of fused-ring (bicyclic) bond motifs is 1. The van der Waals surface area contributed by atoms with Gasteiger partial charge in [0.05, 0.1) is 5.52 Å². The molecule has 0 N–H and O–H groups in total. The van der Waals surface area contributed by atoms with Gasteiger partial charge in [-0.2, -0.15) is 0 Å². The summed E-state index contributed by atoms with van der Waals surface area (Å²) in [4.78, 5) is 12.2. The first-order valence-electron chi connectivity index (χ1n) is 8.42. The summed E-state index contributed by atoms with van der Waals surface area (Å²) in [6.45, 7) is 3.38. The molecule has 3 nitrogen and oxygen atoms in total. The van der Waals surface area contributed by atoms with Gasteiger partial charge in [0, 0.05) is 23.5 Å². The predicted molar refractivity (Wildman–Crippen MR) is 95.6 cm³/mol. The second kappa shape index (κ2) is 5.99. The number of anilines is 1. The Hall–Kier alpha value is -2.42. The predicted octanol–water partition coefficient (Wildman–Crippen LogP) is 4.68. The molecule has 1 saturated heterocycles. The van der Waals surface area contributed by atoms with E-state index in [9.17, 15) is 0 Å². The summed E-state index contributed by atoms with van der Waals surface area (Å²) in [5, 5.41) is 1.15. The van der Waals surface area contributed by atoms with Gasteiger partial charge in [0.2, 0.25) is 0 Å². The van der Waals surface area contributed by atoms with E-state index in [0.29, 0.717) is 6.04 Å². The van der Waals surface area contributed by atoms with E-state index < -0.39 is 0 Å². The first-order chi connectivity index (χ1) is 11.3. The highest BCUT2D eigenvalue weighted by atomic mass is 15.2. The maximum absolute atomic E-state index is 4.96. The smallest absolute Gasteiger partial charge is 0.162 e. The number of nitrogens with zero attached hydrogens (tertiary/aromatic N) is 3. The second-order valence-electron chi connectivity index (χ2n) is 6.29. The monoisotopic (exact) mass is 303 g/mol. The highest BCUT2D eigenvalue weighted by Gasteiger charge is 2.22. The molecule has 1 fully saturated rings. The average Bonchev–Trinajstić information content (AvgIpc) is 2.62. The van der Waals surface area contributed by atoms with E-state index in [1.54, 1.807) is 0 Å². The fraction of sp³-hybridized carbons (Fsp3) is 0.300. The Kier molecular flexibility index (Phi) is 3.70. The van der Waals surface area contributed by atoms with Crippen LogP contribution in [0, 0.1) is 0 Å². The van der Waals surface area contributed by atoms with Crippen molar-refractivity contribution in [2.45, 2.75) is 32.2 Å². The van der Waals surface area contributed by atoms with Crippen molar-refractivity contribution >= 4 is 16.7 Å². The van der Waals surface area contributed by atoms with Gasteiger partial charge in [0.25, 0.3) is 0 Å². The van der Waals surface area contributed by atoms with Crippen LogP contribution < -0.4 is 4.90 Å². The molecule has 0 saturated carbocycles. The van der Waals surface area contributed by atoms with Crippen molar-refractivity contribution in [3.8, 4) is 11.4 Å². The fourth-order valence-corrected chi connectivity index (χ4v) is 3.41. The van der Waals surface area contributed by atoms with Crippen molar-refractivity contribution < 1.29 is 0 Å². The maximum Gasteiger partial charge on any atom is 0.162 e. The number of piperidine rings is 1. The Labute approximate surface area is 137 Å². The van der Waals surface area contributed by atoms with Gasteiger partial charge in [-0.05, 0) is 38.3 Å². The van der Waals surface area contributed by atoms with Gasteiger partial charge in [0.15, 0.2) is 5.82 Å². The van der Waals surface area contributed by atoms with Crippen LogP contribution in [0.3, 0.4) is 0 Å². The first-order valence-corrected chi connectivity index (χ1v) is 8.42. The van der Waals surface area contributed by atoms with Gasteiger partial charge in [-0.1, -0.05) is 42.5 Å². The van der Waals surface area contributed by atoms with Crippen molar-refractivity contribution in [3.05, 3.63) is 54.6 Å². The van der Waals surface area contributed by atoms with Crippen LogP contribution in [0.2, 0.25) is 0 Å². The van der Waals surface area contributed by atoms with Crippen molar-refractivity contribution in [2.24, 2.45) is 0 Å². The quantitative estimate of drug-likeness (QED) is 0.688. The Balaban J connectivity index is 1.91. The summed E-state index contributed by atoms with van der Waals surface area (Å²) >= 11 is 0.